The molecule has 0 spiro atoms. The molecule has 2 rings (SSSR count). The lowest BCUT2D eigenvalue weighted by Gasteiger charge is -2.16. The van der Waals surface area contributed by atoms with Gasteiger partial charge in [-0.2, -0.15) is 0 Å². The van der Waals surface area contributed by atoms with Gasteiger partial charge in [0.05, 0.1) is 27.2 Å². The molecule has 0 fully saturated rings. The van der Waals surface area contributed by atoms with E-state index in [1.54, 1.807) is 12.3 Å². The molecule has 1 N–H and O–H groups in total. The molecule has 6 heteroatoms. The second-order valence-corrected chi connectivity index (χ2v) is 4.79. The van der Waals surface area contributed by atoms with Crippen LogP contribution in [0.4, 0.5) is 0 Å². The third kappa shape index (κ3) is 2.20. The highest BCUT2D eigenvalue weighted by atomic mass is 35.5. The fraction of sp³-hybridized carbons (Fsp3) is 0.200. The second kappa shape index (κ2) is 5.10. The largest absolute Gasteiger partial charge is 0.309 e. The molecule has 1 atom stereocenters. The molecule has 1 unspecified atom stereocenters. The van der Waals surface area contributed by atoms with Crippen molar-refractivity contribution in [2.75, 3.05) is 7.05 Å². The van der Waals surface area contributed by atoms with Gasteiger partial charge in [0.2, 0.25) is 0 Å². The number of nitrogens with one attached hydrogen (secondary N) is 1. The third-order valence-corrected chi connectivity index (χ3v) is 3.81. The normalized spacial score (nSPS) is 12.7. The Bertz CT molecular complexity index is 473. The SMILES string of the molecule is CNC(c1cnns1)c1cccc(Cl)c1Cl. The van der Waals surface area contributed by atoms with Gasteiger partial charge in [0.1, 0.15) is 0 Å². The lowest BCUT2D eigenvalue weighted by atomic mass is 10.1. The van der Waals surface area contributed by atoms with Gasteiger partial charge in [-0.3, -0.25) is 0 Å². The van der Waals surface area contributed by atoms with Crippen LogP contribution in [0.25, 0.3) is 0 Å². The molecule has 16 heavy (non-hydrogen) atoms. The van der Waals surface area contributed by atoms with E-state index in [2.05, 4.69) is 14.9 Å². The Morgan fingerprint density at radius 3 is 2.81 bits per heavy atom. The summed E-state index contributed by atoms with van der Waals surface area (Å²) in [4.78, 5) is 1.01. The van der Waals surface area contributed by atoms with Crippen LogP contribution in [0.5, 0.6) is 0 Å². The Morgan fingerprint density at radius 2 is 2.19 bits per heavy atom. The van der Waals surface area contributed by atoms with Crippen molar-refractivity contribution in [1.82, 2.24) is 14.9 Å². The monoisotopic (exact) mass is 273 g/mol. The van der Waals surface area contributed by atoms with E-state index >= 15 is 0 Å². The fourth-order valence-electron chi connectivity index (χ4n) is 1.50. The molecule has 0 radical (unpaired) electrons. The molecule has 0 aliphatic rings. The number of halogens is 2. The molecule has 0 saturated heterocycles. The summed E-state index contributed by atoms with van der Waals surface area (Å²) in [5.74, 6) is 0. The Kier molecular flexibility index (Phi) is 3.76. The summed E-state index contributed by atoms with van der Waals surface area (Å²) < 4.78 is 3.84. The van der Waals surface area contributed by atoms with Crippen molar-refractivity contribution in [2.45, 2.75) is 6.04 Å². The minimum Gasteiger partial charge on any atom is -0.309 e. The van der Waals surface area contributed by atoms with Crippen LogP contribution in [0, 0.1) is 0 Å². The molecule has 0 aliphatic heterocycles. The Hall–Kier alpha value is -0.680. The predicted molar refractivity (Wildman–Crippen MR) is 67.3 cm³/mol. The molecular formula is C10H9Cl2N3S. The summed E-state index contributed by atoms with van der Waals surface area (Å²) in [5.41, 5.74) is 0.933. The maximum Gasteiger partial charge on any atom is 0.0716 e. The molecular weight excluding hydrogens is 265 g/mol. The van der Waals surface area contributed by atoms with E-state index in [-0.39, 0.29) is 6.04 Å². The summed E-state index contributed by atoms with van der Waals surface area (Å²) >= 11 is 13.5. The summed E-state index contributed by atoms with van der Waals surface area (Å²) in [6.07, 6.45) is 1.73. The molecule has 0 saturated carbocycles. The van der Waals surface area contributed by atoms with E-state index in [4.69, 9.17) is 23.2 Å². The van der Waals surface area contributed by atoms with Gasteiger partial charge in [-0.25, -0.2) is 0 Å². The zero-order chi connectivity index (χ0) is 11.5. The van der Waals surface area contributed by atoms with E-state index < -0.39 is 0 Å². The second-order valence-electron chi connectivity index (χ2n) is 3.18. The quantitative estimate of drug-likeness (QED) is 0.934. The number of hydrogen-bond donors (Lipinski definition) is 1. The van der Waals surface area contributed by atoms with Crippen LogP contribution < -0.4 is 5.32 Å². The lowest BCUT2D eigenvalue weighted by Crippen LogP contribution is -2.16. The molecule has 3 nitrogen and oxygen atoms in total. The molecule has 0 bridgehead atoms. The van der Waals surface area contributed by atoms with Crippen molar-refractivity contribution in [3.05, 3.63) is 44.9 Å². The highest BCUT2D eigenvalue weighted by molar-refractivity contribution is 7.05. The Labute approximate surface area is 108 Å². The van der Waals surface area contributed by atoms with Crippen molar-refractivity contribution < 1.29 is 0 Å². The average Bonchev–Trinajstić information content (AvgIpc) is 2.79. The molecule has 84 valence electrons. The van der Waals surface area contributed by atoms with Crippen LogP contribution in [0.2, 0.25) is 10.0 Å². The Balaban J connectivity index is 2.45. The van der Waals surface area contributed by atoms with Crippen molar-refractivity contribution >= 4 is 34.7 Å². The van der Waals surface area contributed by atoms with Gasteiger partial charge >= 0.3 is 0 Å². The van der Waals surface area contributed by atoms with Crippen molar-refractivity contribution in [3.8, 4) is 0 Å². The number of hydrogen-bond acceptors (Lipinski definition) is 4. The summed E-state index contributed by atoms with van der Waals surface area (Å²) in [5, 5.41) is 8.12. The van der Waals surface area contributed by atoms with Crippen molar-refractivity contribution in [1.29, 1.82) is 0 Å². The highest BCUT2D eigenvalue weighted by Gasteiger charge is 2.18. The van der Waals surface area contributed by atoms with Gasteiger partial charge < -0.3 is 5.32 Å². The van der Waals surface area contributed by atoms with Gasteiger partial charge in [-0.1, -0.05) is 39.8 Å². The van der Waals surface area contributed by atoms with Crippen LogP contribution >= 0.6 is 34.7 Å². The smallest absolute Gasteiger partial charge is 0.0716 e. The zero-order valence-electron chi connectivity index (χ0n) is 8.45. The first kappa shape index (κ1) is 11.8. The van der Waals surface area contributed by atoms with Crippen LogP contribution in [0.15, 0.2) is 24.4 Å². The molecule has 1 heterocycles. The summed E-state index contributed by atoms with van der Waals surface area (Å²) in [7, 11) is 1.86. The van der Waals surface area contributed by atoms with Gasteiger partial charge in [-0.15, -0.1) is 5.10 Å². The van der Waals surface area contributed by atoms with E-state index in [1.807, 2.05) is 19.2 Å². The maximum absolute atomic E-state index is 6.18. The van der Waals surface area contributed by atoms with Crippen LogP contribution in [0.3, 0.4) is 0 Å². The first-order valence-corrected chi connectivity index (χ1v) is 6.15. The number of aromatic nitrogens is 2. The number of benzene rings is 1. The fourth-order valence-corrected chi connectivity index (χ4v) is 2.55. The molecule has 1 aromatic heterocycles. The average molecular weight is 274 g/mol. The third-order valence-electron chi connectivity index (χ3n) is 2.24. The van der Waals surface area contributed by atoms with Gasteiger partial charge in [0, 0.05) is 0 Å². The van der Waals surface area contributed by atoms with Gasteiger partial charge in [-0.05, 0) is 30.2 Å². The standard InChI is InChI=1S/C10H9Cl2N3S/c1-13-10(8-5-14-15-16-8)6-3-2-4-7(11)9(6)12/h2-5,10,13H,1H3. The van der Waals surface area contributed by atoms with Crippen LogP contribution in [-0.4, -0.2) is 16.6 Å². The first-order chi connectivity index (χ1) is 7.74. The number of nitrogens with zero attached hydrogens (tertiary/aromatic N) is 2. The molecule has 2 aromatic rings. The summed E-state index contributed by atoms with van der Waals surface area (Å²) in [6.45, 7) is 0. The highest BCUT2D eigenvalue weighted by Crippen LogP contribution is 2.33. The molecule has 0 amide bonds. The van der Waals surface area contributed by atoms with Crippen molar-refractivity contribution in [2.24, 2.45) is 0 Å². The molecule has 0 aliphatic carbocycles. The van der Waals surface area contributed by atoms with Crippen LogP contribution in [0.1, 0.15) is 16.5 Å². The van der Waals surface area contributed by atoms with Gasteiger partial charge in [0.25, 0.3) is 0 Å². The van der Waals surface area contributed by atoms with Gasteiger partial charge in [0.15, 0.2) is 0 Å². The van der Waals surface area contributed by atoms with E-state index in [1.165, 1.54) is 11.5 Å². The first-order valence-electron chi connectivity index (χ1n) is 4.62. The summed E-state index contributed by atoms with van der Waals surface area (Å²) in [6, 6.07) is 5.56. The molecule has 1 aromatic carbocycles. The predicted octanol–water partition coefficient (Wildman–Crippen LogP) is 3.15. The number of rotatable bonds is 3. The minimum absolute atomic E-state index is 0.0220. The maximum atomic E-state index is 6.18. The Morgan fingerprint density at radius 1 is 1.38 bits per heavy atom. The van der Waals surface area contributed by atoms with Crippen molar-refractivity contribution in [3.63, 3.8) is 0 Å². The minimum atomic E-state index is -0.0220. The zero-order valence-corrected chi connectivity index (χ0v) is 10.8. The van der Waals surface area contributed by atoms with Crippen LogP contribution in [-0.2, 0) is 0 Å². The lowest BCUT2D eigenvalue weighted by molar-refractivity contribution is 0.702. The van der Waals surface area contributed by atoms with E-state index in [9.17, 15) is 0 Å². The van der Waals surface area contributed by atoms with E-state index in [0.29, 0.717) is 10.0 Å². The topological polar surface area (TPSA) is 37.8 Å². The van der Waals surface area contributed by atoms with E-state index in [0.717, 1.165) is 10.4 Å².